The molecule has 0 bridgehead atoms. The van der Waals surface area contributed by atoms with Crippen molar-refractivity contribution in [1.29, 1.82) is 0 Å². The number of carbonyl (C=O) groups excluding carboxylic acids is 1. The van der Waals surface area contributed by atoms with Gasteiger partial charge in [0, 0.05) is 39.3 Å². The van der Waals surface area contributed by atoms with Crippen LogP contribution in [0.4, 0.5) is 0 Å². The number of rotatable bonds is 5. The molecule has 1 aromatic heterocycles. The van der Waals surface area contributed by atoms with Crippen molar-refractivity contribution < 1.29 is 13.2 Å². The lowest BCUT2D eigenvalue weighted by atomic mass is 9.96. The normalized spacial score (nSPS) is 18.9. The Kier molecular flexibility index (Phi) is 6.85. The van der Waals surface area contributed by atoms with Crippen LogP contribution in [0.2, 0.25) is 5.02 Å². The average molecular weight is 481 g/mol. The van der Waals surface area contributed by atoms with Crippen molar-refractivity contribution in [3.05, 3.63) is 40.9 Å². The van der Waals surface area contributed by atoms with Crippen molar-refractivity contribution in [3.8, 4) is 5.69 Å². The predicted molar refractivity (Wildman–Crippen MR) is 122 cm³/mol. The van der Waals surface area contributed by atoms with Crippen molar-refractivity contribution in [2.75, 3.05) is 33.2 Å². The van der Waals surface area contributed by atoms with Gasteiger partial charge in [0.25, 0.3) is 16.1 Å². The minimum atomic E-state index is -3.54. The van der Waals surface area contributed by atoms with E-state index in [1.807, 2.05) is 18.2 Å². The summed E-state index contributed by atoms with van der Waals surface area (Å²) >= 11 is 6.26. The van der Waals surface area contributed by atoms with E-state index < -0.39 is 10.2 Å². The molecule has 1 aromatic carbocycles. The summed E-state index contributed by atoms with van der Waals surface area (Å²) in [6.07, 6.45) is 5.13. The Morgan fingerprint density at radius 1 is 1.09 bits per heavy atom. The number of para-hydroxylation sites is 1. The van der Waals surface area contributed by atoms with E-state index in [0.717, 1.165) is 25.7 Å². The summed E-state index contributed by atoms with van der Waals surface area (Å²) < 4.78 is 30.7. The fraction of sp³-hybridized carbons (Fsp3) is 0.571. The molecule has 0 spiro atoms. The van der Waals surface area contributed by atoms with Gasteiger partial charge >= 0.3 is 0 Å². The van der Waals surface area contributed by atoms with E-state index >= 15 is 0 Å². The molecular weight excluding hydrogens is 452 g/mol. The van der Waals surface area contributed by atoms with Crippen LogP contribution in [-0.4, -0.2) is 81.9 Å². The molecule has 1 amide bonds. The lowest BCUT2D eigenvalue weighted by molar-refractivity contribution is 0.0680. The first-order valence-electron chi connectivity index (χ1n) is 11.0. The molecule has 0 N–H and O–H groups in total. The summed E-state index contributed by atoms with van der Waals surface area (Å²) in [6, 6.07) is 7.29. The number of aromatic nitrogens is 3. The van der Waals surface area contributed by atoms with Crippen LogP contribution >= 0.6 is 11.6 Å². The molecule has 2 aromatic rings. The monoisotopic (exact) mass is 480 g/mol. The minimum absolute atomic E-state index is 0.0642. The van der Waals surface area contributed by atoms with Crippen LogP contribution < -0.4 is 0 Å². The van der Waals surface area contributed by atoms with Crippen LogP contribution in [0.3, 0.4) is 0 Å². The molecule has 11 heteroatoms. The molecule has 0 radical (unpaired) electrons. The Balaban J connectivity index is 1.42. The molecule has 4 rings (SSSR count). The number of amides is 1. The maximum atomic E-state index is 13.1. The Morgan fingerprint density at radius 3 is 2.41 bits per heavy atom. The van der Waals surface area contributed by atoms with Crippen LogP contribution in [0.25, 0.3) is 5.69 Å². The van der Waals surface area contributed by atoms with Gasteiger partial charge in [-0.2, -0.15) is 17.0 Å². The smallest absolute Gasteiger partial charge is 0.293 e. The zero-order valence-electron chi connectivity index (χ0n) is 18.4. The van der Waals surface area contributed by atoms with Gasteiger partial charge in [-0.1, -0.05) is 43.0 Å². The molecule has 0 atom stereocenters. The highest BCUT2D eigenvalue weighted by atomic mass is 35.5. The first kappa shape index (κ1) is 23.2. The number of hydrogen-bond acceptors (Lipinski definition) is 5. The van der Waals surface area contributed by atoms with Gasteiger partial charge in [-0.3, -0.25) is 4.79 Å². The summed E-state index contributed by atoms with van der Waals surface area (Å²) in [5.74, 6) is 0.325. The zero-order valence-corrected chi connectivity index (χ0v) is 20.0. The van der Waals surface area contributed by atoms with E-state index in [1.165, 1.54) is 15.0 Å². The van der Waals surface area contributed by atoms with E-state index in [1.54, 1.807) is 29.6 Å². The summed E-state index contributed by atoms with van der Waals surface area (Å²) in [5, 5.41) is 4.88. The Labute approximate surface area is 194 Å². The highest BCUT2D eigenvalue weighted by molar-refractivity contribution is 7.86. The molecule has 1 aliphatic carbocycles. The topological polar surface area (TPSA) is 91.6 Å². The molecule has 2 aliphatic rings. The van der Waals surface area contributed by atoms with Crippen LogP contribution in [0.1, 0.15) is 48.5 Å². The first-order valence-corrected chi connectivity index (χ1v) is 12.8. The summed E-state index contributed by atoms with van der Waals surface area (Å²) in [7, 11) is -1.86. The fourth-order valence-electron chi connectivity index (χ4n) is 4.41. The lowest BCUT2D eigenvalue weighted by Crippen LogP contribution is -2.55. The summed E-state index contributed by atoms with van der Waals surface area (Å²) in [4.78, 5) is 18.9. The van der Waals surface area contributed by atoms with Crippen molar-refractivity contribution in [1.82, 2.24) is 28.3 Å². The van der Waals surface area contributed by atoms with Gasteiger partial charge in [0.1, 0.15) is 5.82 Å². The standard InChI is InChI=1S/C21H29ClN6O3S/c1-16-23-20(24-28(16)19-11-7-6-10-18(19)22)21(29)26-12-14-27(15-13-26)32(30,31)25(2)17-8-4-3-5-9-17/h6-7,10-11,17H,3-5,8-9,12-15H2,1-2H3. The average Bonchev–Trinajstić information content (AvgIpc) is 3.20. The molecule has 32 heavy (non-hydrogen) atoms. The number of piperazine rings is 1. The van der Waals surface area contributed by atoms with Crippen LogP contribution in [-0.2, 0) is 10.2 Å². The van der Waals surface area contributed by atoms with Crippen molar-refractivity contribution in [3.63, 3.8) is 0 Å². The summed E-state index contributed by atoms with van der Waals surface area (Å²) in [5.41, 5.74) is 0.653. The number of nitrogens with zero attached hydrogens (tertiary/aromatic N) is 6. The molecule has 174 valence electrons. The van der Waals surface area contributed by atoms with Gasteiger partial charge < -0.3 is 4.90 Å². The van der Waals surface area contributed by atoms with Gasteiger partial charge in [-0.15, -0.1) is 5.10 Å². The van der Waals surface area contributed by atoms with Gasteiger partial charge in [0.15, 0.2) is 0 Å². The van der Waals surface area contributed by atoms with Crippen LogP contribution in [0.15, 0.2) is 24.3 Å². The van der Waals surface area contributed by atoms with E-state index in [0.29, 0.717) is 29.6 Å². The number of benzene rings is 1. The van der Waals surface area contributed by atoms with E-state index in [9.17, 15) is 13.2 Å². The van der Waals surface area contributed by atoms with Crippen LogP contribution in [0.5, 0.6) is 0 Å². The van der Waals surface area contributed by atoms with E-state index in [-0.39, 0.29) is 30.9 Å². The SMILES string of the molecule is Cc1nc(C(=O)N2CCN(S(=O)(=O)N(C)C3CCCCC3)CC2)nn1-c1ccccc1Cl. The maximum absolute atomic E-state index is 13.1. The van der Waals surface area contributed by atoms with Crippen molar-refractivity contribution in [2.24, 2.45) is 0 Å². The molecule has 1 saturated heterocycles. The first-order chi connectivity index (χ1) is 15.3. The van der Waals surface area contributed by atoms with E-state index in [4.69, 9.17) is 11.6 Å². The minimum Gasteiger partial charge on any atom is -0.333 e. The lowest BCUT2D eigenvalue weighted by Gasteiger charge is -2.38. The Hall–Kier alpha value is -2.01. The largest absolute Gasteiger partial charge is 0.333 e. The molecule has 0 unspecified atom stereocenters. The maximum Gasteiger partial charge on any atom is 0.293 e. The fourth-order valence-corrected chi connectivity index (χ4v) is 6.20. The second-order valence-corrected chi connectivity index (χ2v) is 10.7. The van der Waals surface area contributed by atoms with E-state index in [2.05, 4.69) is 10.1 Å². The van der Waals surface area contributed by atoms with Crippen molar-refractivity contribution >= 4 is 27.7 Å². The number of halogens is 1. The summed E-state index contributed by atoms with van der Waals surface area (Å²) in [6.45, 7) is 2.88. The van der Waals surface area contributed by atoms with Gasteiger partial charge in [-0.05, 0) is 31.9 Å². The molecule has 9 nitrogen and oxygen atoms in total. The molecule has 1 saturated carbocycles. The Morgan fingerprint density at radius 2 is 1.75 bits per heavy atom. The second-order valence-electron chi connectivity index (χ2n) is 8.35. The molecule has 2 fully saturated rings. The molecule has 1 aliphatic heterocycles. The third-order valence-corrected chi connectivity index (χ3v) is 8.71. The quantitative estimate of drug-likeness (QED) is 0.655. The predicted octanol–water partition coefficient (Wildman–Crippen LogP) is 2.50. The highest BCUT2D eigenvalue weighted by Gasteiger charge is 2.36. The number of aryl methyl sites for hydroxylation is 1. The van der Waals surface area contributed by atoms with Gasteiger partial charge in [-0.25, -0.2) is 9.67 Å². The number of hydrogen-bond donors (Lipinski definition) is 0. The number of carbonyl (C=O) groups is 1. The van der Waals surface area contributed by atoms with Crippen molar-refractivity contribution in [2.45, 2.75) is 45.1 Å². The Bertz CT molecular complexity index is 1070. The van der Waals surface area contributed by atoms with Gasteiger partial charge in [0.2, 0.25) is 5.82 Å². The second kappa shape index (κ2) is 9.46. The molecule has 2 heterocycles. The van der Waals surface area contributed by atoms with Crippen LogP contribution in [0, 0.1) is 6.92 Å². The zero-order chi connectivity index (χ0) is 22.9. The molecular formula is C21H29ClN6O3S. The highest BCUT2D eigenvalue weighted by Crippen LogP contribution is 2.25. The van der Waals surface area contributed by atoms with Gasteiger partial charge in [0.05, 0.1) is 10.7 Å². The third-order valence-electron chi connectivity index (χ3n) is 6.35. The third kappa shape index (κ3) is 4.54.